The van der Waals surface area contributed by atoms with Gasteiger partial charge in [-0.05, 0) is 55.7 Å². The first-order valence-electron chi connectivity index (χ1n) is 11.8. The molecule has 1 aliphatic rings. The maximum Gasteiger partial charge on any atom is 0.251 e. The minimum atomic E-state index is -3.51. The molecule has 186 valence electrons. The second-order valence-corrected chi connectivity index (χ2v) is 9.90. The van der Waals surface area contributed by atoms with Gasteiger partial charge in [0, 0.05) is 25.2 Å². The maximum absolute atomic E-state index is 12.7. The largest absolute Gasteiger partial charge is 0.490 e. The summed E-state index contributed by atoms with van der Waals surface area (Å²) in [5, 5.41) is 2.91. The van der Waals surface area contributed by atoms with Gasteiger partial charge in [0.2, 0.25) is 10.0 Å². The van der Waals surface area contributed by atoms with Crippen molar-refractivity contribution in [2.75, 3.05) is 46.1 Å². The highest BCUT2D eigenvalue weighted by Crippen LogP contribution is 2.29. The SMILES string of the molecule is CCCCOc1ccc(C(=O)NCCc2ccc(S(=O)(=O)N3CCOCC3)cc2)cc1OCC. The first-order valence-corrected chi connectivity index (χ1v) is 13.2. The van der Waals surface area contributed by atoms with Crippen LogP contribution in [0.15, 0.2) is 47.4 Å². The second-order valence-electron chi connectivity index (χ2n) is 7.96. The molecule has 1 amide bonds. The molecule has 1 aliphatic heterocycles. The highest BCUT2D eigenvalue weighted by atomic mass is 32.2. The average Bonchev–Trinajstić information content (AvgIpc) is 2.86. The topological polar surface area (TPSA) is 94.2 Å². The maximum atomic E-state index is 12.7. The summed E-state index contributed by atoms with van der Waals surface area (Å²) < 4.78 is 43.5. The van der Waals surface area contributed by atoms with Gasteiger partial charge in [0.25, 0.3) is 5.91 Å². The van der Waals surface area contributed by atoms with Crippen molar-refractivity contribution in [3.63, 3.8) is 0 Å². The van der Waals surface area contributed by atoms with Crippen LogP contribution in [-0.2, 0) is 21.2 Å². The van der Waals surface area contributed by atoms with Crippen molar-refractivity contribution in [2.45, 2.75) is 38.0 Å². The number of ether oxygens (including phenoxy) is 3. The third kappa shape index (κ3) is 6.94. The van der Waals surface area contributed by atoms with Crippen LogP contribution in [-0.4, -0.2) is 64.7 Å². The molecule has 3 rings (SSSR count). The van der Waals surface area contributed by atoms with Gasteiger partial charge < -0.3 is 19.5 Å². The summed E-state index contributed by atoms with van der Waals surface area (Å²) >= 11 is 0. The monoisotopic (exact) mass is 490 g/mol. The zero-order chi connectivity index (χ0) is 24.4. The Bertz CT molecular complexity index is 1030. The molecule has 0 unspecified atom stereocenters. The highest BCUT2D eigenvalue weighted by molar-refractivity contribution is 7.89. The standard InChI is InChI=1S/C25H34N2O6S/c1-3-5-16-33-23-11-8-21(19-24(23)32-4-2)25(28)26-13-12-20-6-9-22(10-7-20)34(29,30)27-14-17-31-18-15-27/h6-11,19H,3-5,12-18H2,1-2H3,(H,26,28). The van der Waals surface area contributed by atoms with Gasteiger partial charge in [0.05, 0.1) is 31.3 Å². The molecular formula is C25H34N2O6S. The van der Waals surface area contributed by atoms with Gasteiger partial charge in [-0.3, -0.25) is 4.79 Å². The van der Waals surface area contributed by atoms with Crippen molar-refractivity contribution in [1.82, 2.24) is 9.62 Å². The fraction of sp³-hybridized carbons (Fsp3) is 0.480. The minimum Gasteiger partial charge on any atom is -0.490 e. The summed E-state index contributed by atoms with van der Waals surface area (Å²) in [6.07, 6.45) is 2.57. The zero-order valence-corrected chi connectivity index (χ0v) is 20.7. The molecule has 1 heterocycles. The first kappa shape index (κ1) is 26.0. The van der Waals surface area contributed by atoms with Crippen LogP contribution in [0, 0.1) is 0 Å². The molecule has 1 saturated heterocycles. The third-order valence-corrected chi connectivity index (χ3v) is 7.40. The summed E-state index contributed by atoms with van der Waals surface area (Å²) in [6, 6.07) is 12.0. The molecule has 0 aromatic heterocycles. The molecule has 0 atom stereocenters. The Kier molecular flexibility index (Phi) is 9.74. The number of sulfonamides is 1. The molecule has 0 saturated carbocycles. The van der Waals surface area contributed by atoms with Gasteiger partial charge in [-0.1, -0.05) is 25.5 Å². The number of amides is 1. The van der Waals surface area contributed by atoms with Crippen molar-refractivity contribution in [1.29, 1.82) is 0 Å². The Balaban J connectivity index is 1.54. The molecule has 2 aromatic rings. The first-order chi connectivity index (χ1) is 16.5. The number of hydrogen-bond acceptors (Lipinski definition) is 6. The number of hydrogen-bond donors (Lipinski definition) is 1. The van der Waals surface area contributed by atoms with E-state index in [0.717, 1.165) is 18.4 Å². The average molecular weight is 491 g/mol. The second kappa shape index (κ2) is 12.7. The molecule has 9 heteroatoms. The molecule has 8 nitrogen and oxygen atoms in total. The van der Waals surface area contributed by atoms with Crippen LogP contribution in [0.3, 0.4) is 0 Å². The number of nitrogens with zero attached hydrogens (tertiary/aromatic N) is 1. The minimum absolute atomic E-state index is 0.201. The predicted molar refractivity (Wildman–Crippen MR) is 130 cm³/mol. The van der Waals surface area contributed by atoms with E-state index in [1.807, 2.05) is 6.92 Å². The van der Waals surface area contributed by atoms with Crippen LogP contribution in [0.2, 0.25) is 0 Å². The van der Waals surface area contributed by atoms with Crippen molar-refractivity contribution in [3.8, 4) is 11.5 Å². The van der Waals surface area contributed by atoms with Gasteiger partial charge in [0.1, 0.15) is 0 Å². The molecule has 0 bridgehead atoms. The number of unbranched alkanes of at least 4 members (excludes halogenated alkanes) is 1. The van der Waals surface area contributed by atoms with E-state index in [2.05, 4.69) is 12.2 Å². The molecule has 0 aliphatic carbocycles. The molecule has 1 fully saturated rings. The fourth-order valence-electron chi connectivity index (χ4n) is 3.55. The number of carbonyl (C=O) groups is 1. The Morgan fingerprint density at radius 3 is 2.44 bits per heavy atom. The van der Waals surface area contributed by atoms with E-state index in [4.69, 9.17) is 14.2 Å². The van der Waals surface area contributed by atoms with Gasteiger partial charge in [-0.2, -0.15) is 4.31 Å². The number of nitrogens with one attached hydrogen (secondary N) is 1. The van der Waals surface area contributed by atoms with E-state index in [9.17, 15) is 13.2 Å². The Morgan fingerprint density at radius 1 is 1.03 bits per heavy atom. The molecule has 2 aromatic carbocycles. The van der Waals surface area contributed by atoms with E-state index in [1.165, 1.54) is 4.31 Å². The summed E-state index contributed by atoms with van der Waals surface area (Å²) in [4.78, 5) is 12.9. The van der Waals surface area contributed by atoms with E-state index < -0.39 is 10.0 Å². The number of rotatable bonds is 12. The summed E-state index contributed by atoms with van der Waals surface area (Å²) in [5.41, 5.74) is 1.44. The van der Waals surface area contributed by atoms with Crippen molar-refractivity contribution < 1.29 is 27.4 Å². The van der Waals surface area contributed by atoms with Crippen LogP contribution in [0.4, 0.5) is 0 Å². The van der Waals surface area contributed by atoms with Crippen molar-refractivity contribution in [3.05, 3.63) is 53.6 Å². The Morgan fingerprint density at radius 2 is 1.76 bits per heavy atom. The molecule has 34 heavy (non-hydrogen) atoms. The normalized spacial score (nSPS) is 14.5. The quantitative estimate of drug-likeness (QED) is 0.459. The smallest absolute Gasteiger partial charge is 0.251 e. The lowest BCUT2D eigenvalue weighted by Gasteiger charge is -2.26. The van der Waals surface area contributed by atoms with Gasteiger partial charge in [-0.15, -0.1) is 0 Å². The lowest BCUT2D eigenvalue weighted by molar-refractivity contribution is 0.0730. The molecular weight excluding hydrogens is 456 g/mol. The number of carbonyl (C=O) groups excluding carboxylic acids is 1. The van der Waals surface area contributed by atoms with Crippen LogP contribution < -0.4 is 14.8 Å². The van der Waals surface area contributed by atoms with Crippen LogP contribution in [0.5, 0.6) is 11.5 Å². The highest BCUT2D eigenvalue weighted by Gasteiger charge is 2.26. The van der Waals surface area contributed by atoms with E-state index in [0.29, 0.717) is 69.5 Å². The van der Waals surface area contributed by atoms with Crippen LogP contribution in [0.1, 0.15) is 42.6 Å². The lowest BCUT2D eigenvalue weighted by Crippen LogP contribution is -2.40. The van der Waals surface area contributed by atoms with Crippen molar-refractivity contribution in [2.24, 2.45) is 0 Å². The molecule has 1 N–H and O–H groups in total. The van der Waals surface area contributed by atoms with E-state index >= 15 is 0 Å². The third-order valence-electron chi connectivity index (χ3n) is 5.49. The summed E-state index contributed by atoms with van der Waals surface area (Å²) in [6.45, 7) is 7.06. The molecule has 0 spiro atoms. The zero-order valence-electron chi connectivity index (χ0n) is 19.9. The van der Waals surface area contributed by atoms with Gasteiger partial charge in [-0.25, -0.2) is 8.42 Å². The predicted octanol–water partition coefficient (Wildman–Crippen LogP) is 3.26. The van der Waals surface area contributed by atoms with E-state index in [1.54, 1.807) is 42.5 Å². The van der Waals surface area contributed by atoms with Gasteiger partial charge in [0.15, 0.2) is 11.5 Å². The van der Waals surface area contributed by atoms with Crippen molar-refractivity contribution >= 4 is 15.9 Å². The molecule has 0 radical (unpaired) electrons. The van der Waals surface area contributed by atoms with E-state index in [-0.39, 0.29) is 10.8 Å². The summed E-state index contributed by atoms with van der Waals surface area (Å²) in [7, 11) is -3.51. The Hall–Kier alpha value is -2.62. The van der Waals surface area contributed by atoms with Crippen LogP contribution in [0.25, 0.3) is 0 Å². The van der Waals surface area contributed by atoms with Gasteiger partial charge >= 0.3 is 0 Å². The summed E-state index contributed by atoms with van der Waals surface area (Å²) in [5.74, 6) is 0.995. The Labute approximate surface area is 202 Å². The number of morpholine rings is 1. The lowest BCUT2D eigenvalue weighted by atomic mass is 10.1. The van der Waals surface area contributed by atoms with Crippen LogP contribution >= 0.6 is 0 Å². The number of benzene rings is 2. The fourth-order valence-corrected chi connectivity index (χ4v) is 4.96.